The maximum absolute atomic E-state index is 13.2. The van der Waals surface area contributed by atoms with Gasteiger partial charge in [-0.2, -0.15) is 0 Å². The third-order valence-corrected chi connectivity index (χ3v) is 3.70. The van der Waals surface area contributed by atoms with Crippen LogP contribution in [0.5, 0.6) is 5.75 Å². The zero-order chi connectivity index (χ0) is 13.8. The smallest absolute Gasteiger partial charge is 0.190 e. The maximum Gasteiger partial charge on any atom is 0.190 e. The Labute approximate surface area is 114 Å². The summed E-state index contributed by atoms with van der Waals surface area (Å²) in [4.78, 5) is 0. The second-order valence-corrected chi connectivity index (χ2v) is 4.92. The third-order valence-electron chi connectivity index (χ3n) is 2.59. The van der Waals surface area contributed by atoms with E-state index in [9.17, 15) is 9.50 Å². The number of rotatable bonds is 5. The molecule has 0 saturated carbocycles. The average molecular weight is 283 g/mol. The molecule has 1 N–H and O–H groups in total. The van der Waals surface area contributed by atoms with Crippen molar-refractivity contribution >= 4 is 11.8 Å². The molecule has 0 fully saturated rings. The highest BCUT2D eigenvalue weighted by atomic mass is 32.2. The molecule has 0 aliphatic rings. The van der Waals surface area contributed by atoms with Crippen molar-refractivity contribution in [1.29, 1.82) is 0 Å². The first kappa shape index (κ1) is 13.8. The third kappa shape index (κ3) is 3.24. The van der Waals surface area contributed by atoms with E-state index in [2.05, 4.69) is 10.2 Å². The Bertz CT molecular complexity index is 562. The summed E-state index contributed by atoms with van der Waals surface area (Å²) < 4.78 is 20.1. The topological polar surface area (TPSA) is 60.2 Å². The number of hydrogen-bond donors (Lipinski definition) is 1. The Balaban J connectivity index is 2.09. The number of benzene rings is 1. The number of ether oxygens (including phenoxy) is 1. The van der Waals surface area contributed by atoms with Crippen molar-refractivity contribution in [2.75, 3.05) is 12.9 Å². The van der Waals surface area contributed by atoms with Gasteiger partial charge in [0.2, 0.25) is 0 Å². The number of hydrogen-bond acceptors (Lipinski definition) is 5. The lowest BCUT2D eigenvalue weighted by atomic mass is 10.1. The molecule has 1 unspecified atom stereocenters. The number of thioether (sulfide) groups is 1. The fourth-order valence-corrected chi connectivity index (χ4v) is 2.45. The van der Waals surface area contributed by atoms with Crippen LogP contribution in [0.4, 0.5) is 4.39 Å². The fourth-order valence-electron chi connectivity index (χ4n) is 1.61. The van der Waals surface area contributed by atoms with Gasteiger partial charge in [-0.25, -0.2) is 4.39 Å². The van der Waals surface area contributed by atoms with Crippen molar-refractivity contribution in [2.45, 2.75) is 11.3 Å². The molecule has 2 aromatic rings. The van der Waals surface area contributed by atoms with E-state index in [4.69, 9.17) is 4.74 Å². The van der Waals surface area contributed by atoms with Crippen molar-refractivity contribution in [2.24, 2.45) is 7.05 Å². The molecular formula is C12H14FN3O2S. The van der Waals surface area contributed by atoms with Gasteiger partial charge in [-0.3, -0.25) is 0 Å². The van der Waals surface area contributed by atoms with Crippen molar-refractivity contribution in [3.05, 3.63) is 35.9 Å². The molecule has 1 atom stereocenters. The van der Waals surface area contributed by atoms with E-state index in [1.165, 1.54) is 37.1 Å². The van der Waals surface area contributed by atoms with Crippen molar-refractivity contribution < 1.29 is 14.2 Å². The van der Waals surface area contributed by atoms with Gasteiger partial charge in [0.25, 0.3) is 0 Å². The Hall–Kier alpha value is -1.60. The number of aliphatic hydroxyl groups is 1. The molecule has 0 saturated heterocycles. The first-order valence-electron chi connectivity index (χ1n) is 5.60. The highest BCUT2D eigenvalue weighted by Gasteiger charge is 2.16. The van der Waals surface area contributed by atoms with E-state index in [-0.39, 0.29) is 0 Å². The summed E-state index contributed by atoms with van der Waals surface area (Å²) in [6, 6.07) is 4.08. The SMILES string of the molecule is COc1ccc(F)cc1C(O)CSc1nncn1C. The minimum absolute atomic E-state index is 0.340. The van der Waals surface area contributed by atoms with Gasteiger partial charge in [0.05, 0.1) is 13.2 Å². The van der Waals surface area contributed by atoms with E-state index in [0.717, 1.165) is 0 Å². The first-order chi connectivity index (χ1) is 9.11. The second kappa shape index (κ2) is 6.03. The number of aliphatic hydroxyl groups excluding tert-OH is 1. The van der Waals surface area contributed by atoms with Crippen LogP contribution in [0, 0.1) is 5.82 Å². The zero-order valence-electron chi connectivity index (χ0n) is 10.6. The van der Waals surface area contributed by atoms with Crippen molar-refractivity contribution in [3.63, 3.8) is 0 Å². The zero-order valence-corrected chi connectivity index (χ0v) is 11.4. The number of nitrogens with zero attached hydrogens (tertiary/aromatic N) is 3. The van der Waals surface area contributed by atoms with Crippen LogP contribution in [0.2, 0.25) is 0 Å². The Morgan fingerprint density at radius 3 is 2.95 bits per heavy atom. The predicted octanol–water partition coefficient (Wildman–Crippen LogP) is 1.79. The number of aromatic nitrogens is 3. The largest absolute Gasteiger partial charge is 0.496 e. The lowest BCUT2D eigenvalue weighted by molar-refractivity contribution is 0.198. The summed E-state index contributed by atoms with van der Waals surface area (Å²) in [7, 11) is 3.30. The average Bonchev–Trinajstić information content (AvgIpc) is 2.81. The predicted molar refractivity (Wildman–Crippen MR) is 69.6 cm³/mol. The molecule has 0 amide bonds. The van der Waals surface area contributed by atoms with E-state index < -0.39 is 11.9 Å². The number of aryl methyl sites for hydroxylation is 1. The summed E-state index contributed by atoms with van der Waals surface area (Å²) in [6.07, 6.45) is 0.740. The molecule has 0 spiro atoms. The van der Waals surface area contributed by atoms with Crippen LogP contribution in [0.25, 0.3) is 0 Å². The normalized spacial score (nSPS) is 12.4. The van der Waals surface area contributed by atoms with Crippen LogP contribution in [0.3, 0.4) is 0 Å². The molecule has 0 bridgehead atoms. The highest BCUT2D eigenvalue weighted by Crippen LogP contribution is 2.29. The van der Waals surface area contributed by atoms with Crippen molar-refractivity contribution in [3.8, 4) is 5.75 Å². The summed E-state index contributed by atoms with van der Waals surface area (Å²) in [5.74, 6) is 0.401. The van der Waals surface area contributed by atoms with Crippen LogP contribution < -0.4 is 4.74 Å². The molecule has 102 valence electrons. The molecule has 0 aliphatic heterocycles. The van der Waals surface area contributed by atoms with Crippen LogP contribution in [0.15, 0.2) is 29.7 Å². The fraction of sp³-hybridized carbons (Fsp3) is 0.333. The van der Waals surface area contributed by atoms with Gasteiger partial charge in [0.15, 0.2) is 5.16 Å². The quantitative estimate of drug-likeness (QED) is 0.848. The van der Waals surface area contributed by atoms with Gasteiger partial charge in [-0.05, 0) is 18.2 Å². The number of halogens is 1. The monoisotopic (exact) mass is 283 g/mol. The molecular weight excluding hydrogens is 269 g/mol. The lowest BCUT2D eigenvalue weighted by Crippen LogP contribution is -2.05. The minimum Gasteiger partial charge on any atom is -0.496 e. The van der Waals surface area contributed by atoms with Gasteiger partial charge in [-0.15, -0.1) is 10.2 Å². The summed E-state index contributed by atoms with van der Waals surface area (Å²) in [6.45, 7) is 0. The van der Waals surface area contributed by atoms with Gasteiger partial charge in [0.1, 0.15) is 17.9 Å². The molecule has 1 aromatic carbocycles. The molecule has 0 aliphatic carbocycles. The summed E-state index contributed by atoms with van der Waals surface area (Å²) >= 11 is 1.34. The minimum atomic E-state index is -0.840. The molecule has 19 heavy (non-hydrogen) atoms. The van der Waals surface area contributed by atoms with E-state index in [1.807, 2.05) is 7.05 Å². The molecule has 2 rings (SSSR count). The van der Waals surface area contributed by atoms with Crippen LogP contribution in [-0.2, 0) is 7.05 Å². The number of methoxy groups -OCH3 is 1. The van der Waals surface area contributed by atoms with Crippen molar-refractivity contribution in [1.82, 2.24) is 14.8 Å². The Morgan fingerprint density at radius 1 is 1.53 bits per heavy atom. The molecule has 0 radical (unpaired) electrons. The molecule has 1 heterocycles. The highest BCUT2D eigenvalue weighted by molar-refractivity contribution is 7.99. The van der Waals surface area contributed by atoms with Crippen LogP contribution >= 0.6 is 11.8 Å². The van der Waals surface area contributed by atoms with Crippen LogP contribution in [0.1, 0.15) is 11.7 Å². The van der Waals surface area contributed by atoms with E-state index in [1.54, 1.807) is 10.9 Å². The lowest BCUT2D eigenvalue weighted by Gasteiger charge is -2.14. The van der Waals surface area contributed by atoms with E-state index in [0.29, 0.717) is 22.2 Å². The maximum atomic E-state index is 13.2. The van der Waals surface area contributed by atoms with Gasteiger partial charge < -0.3 is 14.4 Å². The Morgan fingerprint density at radius 2 is 2.32 bits per heavy atom. The van der Waals surface area contributed by atoms with Crippen LogP contribution in [-0.4, -0.2) is 32.7 Å². The molecule has 7 heteroatoms. The van der Waals surface area contributed by atoms with Gasteiger partial charge in [-0.1, -0.05) is 11.8 Å². The summed E-state index contributed by atoms with van der Waals surface area (Å²) in [5, 5.41) is 18.5. The molecule has 5 nitrogen and oxygen atoms in total. The van der Waals surface area contributed by atoms with Gasteiger partial charge >= 0.3 is 0 Å². The van der Waals surface area contributed by atoms with E-state index >= 15 is 0 Å². The second-order valence-electron chi connectivity index (χ2n) is 3.94. The standard InChI is InChI=1S/C12H14FN3O2S/c1-16-7-14-15-12(16)19-6-10(17)9-5-8(13)3-4-11(9)18-2/h3-5,7,10,17H,6H2,1-2H3. The Kier molecular flexibility index (Phi) is 4.39. The first-order valence-corrected chi connectivity index (χ1v) is 6.58. The van der Waals surface area contributed by atoms with Gasteiger partial charge in [0, 0.05) is 18.4 Å². The molecule has 1 aromatic heterocycles. The summed E-state index contributed by atoms with van der Waals surface area (Å²) in [5.41, 5.74) is 0.428.